The van der Waals surface area contributed by atoms with Crippen LogP contribution in [0.15, 0.2) is 6.07 Å². The zero-order chi connectivity index (χ0) is 13.1. The van der Waals surface area contributed by atoms with Crippen molar-refractivity contribution in [1.82, 2.24) is 10.6 Å². The number of rotatable bonds is 3. The highest BCUT2D eigenvalue weighted by atomic mass is 32.1. The number of hydrogen-bond acceptors (Lipinski definition) is 3. The molecule has 2 heterocycles. The van der Waals surface area contributed by atoms with E-state index in [1.807, 2.05) is 6.92 Å². The lowest BCUT2D eigenvalue weighted by atomic mass is 10.1. The first-order valence-electron chi connectivity index (χ1n) is 6.28. The van der Waals surface area contributed by atoms with Gasteiger partial charge in [-0.05, 0) is 38.8 Å². The smallest absolute Gasteiger partial charge is 0.315 e. The van der Waals surface area contributed by atoms with E-state index in [1.54, 1.807) is 11.3 Å². The van der Waals surface area contributed by atoms with Gasteiger partial charge in [-0.15, -0.1) is 11.3 Å². The molecule has 1 saturated heterocycles. The molecule has 5 heteroatoms. The van der Waals surface area contributed by atoms with Gasteiger partial charge < -0.3 is 15.4 Å². The molecular formula is C13H20N2O2S. The van der Waals surface area contributed by atoms with Gasteiger partial charge in [-0.2, -0.15) is 0 Å². The van der Waals surface area contributed by atoms with E-state index in [4.69, 9.17) is 4.74 Å². The molecule has 4 nitrogen and oxygen atoms in total. The summed E-state index contributed by atoms with van der Waals surface area (Å²) in [5.41, 5.74) is 1.20. The van der Waals surface area contributed by atoms with Gasteiger partial charge in [-0.1, -0.05) is 0 Å². The fourth-order valence-electron chi connectivity index (χ4n) is 2.23. The number of hydrogen-bond donors (Lipinski definition) is 2. The number of nitrogens with one attached hydrogen (secondary N) is 2. The van der Waals surface area contributed by atoms with Crippen LogP contribution >= 0.6 is 11.3 Å². The fourth-order valence-corrected chi connectivity index (χ4v) is 3.25. The Morgan fingerprint density at radius 2 is 2.33 bits per heavy atom. The molecule has 1 aromatic heterocycles. The number of thiophene rings is 1. The number of ether oxygens (including phenoxy) is 1. The molecule has 100 valence electrons. The molecule has 0 saturated carbocycles. The van der Waals surface area contributed by atoms with Crippen LogP contribution in [0, 0.1) is 13.8 Å². The summed E-state index contributed by atoms with van der Waals surface area (Å²) in [7, 11) is 0. The molecule has 1 fully saturated rings. The van der Waals surface area contributed by atoms with Crippen LogP contribution in [0.3, 0.4) is 0 Å². The van der Waals surface area contributed by atoms with E-state index in [1.165, 1.54) is 15.3 Å². The van der Waals surface area contributed by atoms with E-state index in [0.717, 1.165) is 13.0 Å². The number of aryl methyl sites for hydroxylation is 2. The summed E-state index contributed by atoms with van der Waals surface area (Å²) in [4.78, 5) is 14.4. The molecule has 1 aliphatic heterocycles. The van der Waals surface area contributed by atoms with Crippen molar-refractivity contribution in [3.63, 3.8) is 0 Å². The van der Waals surface area contributed by atoms with Gasteiger partial charge in [0.1, 0.15) is 0 Å². The molecule has 18 heavy (non-hydrogen) atoms. The van der Waals surface area contributed by atoms with Crippen LogP contribution in [0.5, 0.6) is 0 Å². The lowest BCUT2D eigenvalue weighted by molar-refractivity contribution is 0.188. The zero-order valence-electron chi connectivity index (χ0n) is 11.1. The molecule has 0 bridgehead atoms. The maximum absolute atomic E-state index is 11.8. The average Bonchev–Trinajstić information content (AvgIpc) is 2.88. The van der Waals surface area contributed by atoms with Crippen molar-refractivity contribution in [1.29, 1.82) is 0 Å². The predicted octanol–water partition coefficient (Wildman–Crippen LogP) is 2.51. The van der Waals surface area contributed by atoms with Gasteiger partial charge in [0.05, 0.1) is 18.7 Å². The summed E-state index contributed by atoms with van der Waals surface area (Å²) in [6.45, 7) is 7.55. The summed E-state index contributed by atoms with van der Waals surface area (Å²) in [6, 6.07) is 2.23. The Morgan fingerprint density at radius 3 is 2.89 bits per heavy atom. The summed E-state index contributed by atoms with van der Waals surface area (Å²) in [5.74, 6) is 0. The molecule has 1 aromatic rings. The lowest BCUT2D eigenvalue weighted by Gasteiger charge is -2.17. The zero-order valence-corrected chi connectivity index (χ0v) is 11.9. The third kappa shape index (κ3) is 3.23. The second kappa shape index (κ2) is 5.71. The van der Waals surface area contributed by atoms with Gasteiger partial charge >= 0.3 is 6.03 Å². The first kappa shape index (κ1) is 13.4. The van der Waals surface area contributed by atoms with Crippen molar-refractivity contribution >= 4 is 17.4 Å². The van der Waals surface area contributed by atoms with Crippen molar-refractivity contribution < 1.29 is 9.53 Å². The Hall–Kier alpha value is -1.07. The molecule has 2 amide bonds. The highest BCUT2D eigenvalue weighted by Crippen LogP contribution is 2.25. The Balaban J connectivity index is 1.88. The molecular weight excluding hydrogens is 248 g/mol. The molecule has 2 unspecified atom stereocenters. The predicted molar refractivity (Wildman–Crippen MR) is 73.1 cm³/mol. The van der Waals surface area contributed by atoms with Crippen molar-refractivity contribution in [3.05, 3.63) is 21.4 Å². The Bertz CT molecular complexity index is 425. The number of carbonyl (C=O) groups is 1. The minimum atomic E-state index is -0.110. The molecule has 0 radical (unpaired) electrons. The van der Waals surface area contributed by atoms with Gasteiger partial charge in [-0.3, -0.25) is 0 Å². The highest BCUT2D eigenvalue weighted by molar-refractivity contribution is 7.12. The summed E-state index contributed by atoms with van der Waals surface area (Å²) in [5, 5.41) is 5.91. The van der Waals surface area contributed by atoms with Crippen LogP contribution < -0.4 is 10.6 Å². The van der Waals surface area contributed by atoms with E-state index in [2.05, 4.69) is 30.5 Å². The Labute approximate surface area is 112 Å². The van der Waals surface area contributed by atoms with Crippen LogP contribution in [0.4, 0.5) is 4.79 Å². The van der Waals surface area contributed by atoms with E-state index >= 15 is 0 Å². The molecule has 0 spiro atoms. The largest absolute Gasteiger partial charge is 0.379 e. The molecule has 0 aromatic carbocycles. The van der Waals surface area contributed by atoms with E-state index in [0.29, 0.717) is 6.61 Å². The first-order chi connectivity index (χ1) is 8.56. The van der Waals surface area contributed by atoms with Gasteiger partial charge in [0.2, 0.25) is 0 Å². The molecule has 2 atom stereocenters. The van der Waals surface area contributed by atoms with E-state index < -0.39 is 0 Å². The Kier molecular flexibility index (Phi) is 4.24. The van der Waals surface area contributed by atoms with E-state index in [9.17, 15) is 4.79 Å². The van der Waals surface area contributed by atoms with Crippen LogP contribution in [-0.4, -0.2) is 25.3 Å². The summed E-state index contributed by atoms with van der Waals surface area (Å²) >= 11 is 1.77. The number of urea groups is 1. The van der Waals surface area contributed by atoms with Gasteiger partial charge in [0.15, 0.2) is 0 Å². The molecule has 0 aliphatic carbocycles. The fraction of sp³-hybridized carbons (Fsp3) is 0.615. The van der Waals surface area contributed by atoms with E-state index in [-0.39, 0.29) is 18.1 Å². The topological polar surface area (TPSA) is 50.4 Å². The third-order valence-electron chi connectivity index (χ3n) is 3.16. The monoisotopic (exact) mass is 268 g/mol. The molecule has 2 N–H and O–H groups in total. The van der Waals surface area contributed by atoms with Crippen molar-refractivity contribution in [2.45, 2.75) is 39.3 Å². The van der Waals surface area contributed by atoms with Crippen LogP contribution in [0.1, 0.15) is 34.7 Å². The lowest BCUT2D eigenvalue weighted by Crippen LogP contribution is -2.43. The van der Waals surface area contributed by atoms with Gasteiger partial charge in [0.25, 0.3) is 0 Å². The maximum Gasteiger partial charge on any atom is 0.315 e. The molecule has 2 rings (SSSR count). The number of amides is 2. The minimum Gasteiger partial charge on any atom is -0.379 e. The van der Waals surface area contributed by atoms with Crippen LogP contribution in [-0.2, 0) is 4.74 Å². The highest BCUT2D eigenvalue weighted by Gasteiger charge is 2.19. The second-order valence-electron chi connectivity index (χ2n) is 4.77. The quantitative estimate of drug-likeness (QED) is 0.885. The standard InChI is InChI=1S/C13H20N2O2S/c1-8-6-12(10(3)18-8)9(2)14-13(16)15-11-4-5-17-7-11/h6,9,11H,4-5,7H2,1-3H3,(H2,14,15,16). The summed E-state index contributed by atoms with van der Waals surface area (Å²) in [6.07, 6.45) is 0.901. The SMILES string of the molecule is Cc1cc(C(C)NC(=O)NC2CCOC2)c(C)s1. The Morgan fingerprint density at radius 1 is 1.56 bits per heavy atom. The van der Waals surface area contributed by atoms with Gasteiger partial charge in [0, 0.05) is 16.4 Å². The van der Waals surface area contributed by atoms with Crippen LogP contribution in [0.25, 0.3) is 0 Å². The maximum atomic E-state index is 11.8. The van der Waals surface area contributed by atoms with Crippen LogP contribution in [0.2, 0.25) is 0 Å². The van der Waals surface area contributed by atoms with Crippen molar-refractivity contribution in [2.24, 2.45) is 0 Å². The number of carbonyl (C=O) groups excluding carboxylic acids is 1. The van der Waals surface area contributed by atoms with Crippen molar-refractivity contribution in [2.75, 3.05) is 13.2 Å². The first-order valence-corrected chi connectivity index (χ1v) is 7.09. The minimum absolute atomic E-state index is 0.0391. The molecule has 1 aliphatic rings. The third-order valence-corrected chi connectivity index (χ3v) is 4.14. The second-order valence-corrected chi connectivity index (χ2v) is 6.23. The summed E-state index contributed by atoms with van der Waals surface area (Å²) < 4.78 is 5.23. The van der Waals surface area contributed by atoms with Crippen molar-refractivity contribution in [3.8, 4) is 0 Å². The van der Waals surface area contributed by atoms with Gasteiger partial charge in [-0.25, -0.2) is 4.79 Å². The normalized spacial score (nSPS) is 20.7. The average molecular weight is 268 g/mol.